The van der Waals surface area contributed by atoms with Gasteiger partial charge in [0, 0.05) is 26.9 Å². The van der Waals surface area contributed by atoms with E-state index in [1.165, 1.54) is 0 Å². The number of nitrogens with zero attached hydrogens (tertiary/aromatic N) is 2. The van der Waals surface area contributed by atoms with Gasteiger partial charge in [-0.25, -0.2) is 9.79 Å². The van der Waals surface area contributed by atoms with E-state index in [2.05, 4.69) is 29.5 Å². The van der Waals surface area contributed by atoms with E-state index in [1.807, 2.05) is 23.4 Å². The van der Waals surface area contributed by atoms with E-state index >= 15 is 0 Å². The van der Waals surface area contributed by atoms with Gasteiger partial charge in [0.05, 0.1) is 0 Å². The molecule has 1 aliphatic heterocycles. The van der Waals surface area contributed by atoms with Crippen LogP contribution in [-0.2, 0) is 0 Å². The molecule has 1 rings (SSSR count). The van der Waals surface area contributed by atoms with Crippen LogP contribution in [0.25, 0.3) is 0 Å². The van der Waals surface area contributed by atoms with Crippen LogP contribution in [0.1, 0.15) is 0 Å². The van der Waals surface area contributed by atoms with E-state index in [1.54, 1.807) is 0 Å². The molecule has 0 aromatic rings. The van der Waals surface area contributed by atoms with Crippen LogP contribution in [0.5, 0.6) is 0 Å². The molecule has 1 heterocycles. The molecule has 0 fully saturated rings. The van der Waals surface area contributed by atoms with E-state index in [0.717, 1.165) is 0 Å². The van der Waals surface area contributed by atoms with E-state index < -0.39 is 6.90 Å². The van der Waals surface area contributed by atoms with Crippen molar-refractivity contribution < 1.29 is 0 Å². The Bertz CT molecular complexity index is 138. The Morgan fingerprint density at radius 3 is 2.44 bits per heavy atom. The molecule has 9 heavy (non-hydrogen) atoms. The highest BCUT2D eigenvalue weighted by Crippen LogP contribution is 2.40. The van der Waals surface area contributed by atoms with Gasteiger partial charge >= 0.3 is 0 Å². The van der Waals surface area contributed by atoms with Crippen molar-refractivity contribution in [3.05, 3.63) is 0 Å². The smallest absolute Gasteiger partial charge is 0.0201 e. The molecule has 54 valence electrons. The summed E-state index contributed by atoms with van der Waals surface area (Å²) in [6.45, 7) is -0.438. The highest BCUT2D eigenvalue weighted by atomic mass is 32.7. The van der Waals surface area contributed by atoms with Gasteiger partial charge in [0.15, 0.2) is 0 Å². The Balaban J connectivity index is 2.57. The summed E-state index contributed by atoms with van der Waals surface area (Å²) in [6.07, 6.45) is 2.14. The average molecular weight is 165 g/mol. The summed E-state index contributed by atoms with van der Waals surface area (Å²) in [4.78, 5) is 0. The van der Waals surface area contributed by atoms with Gasteiger partial charge in [0.1, 0.15) is 0 Å². The number of nitrogens with one attached hydrogen (secondary N) is 1. The van der Waals surface area contributed by atoms with E-state index in [0.29, 0.717) is 0 Å². The first-order valence-electron chi connectivity index (χ1n) is 2.72. The van der Waals surface area contributed by atoms with Crippen LogP contribution in [0.15, 0.2) is 0 Å². The number of hydrazine groups is 2. The van der Waals surface area contributed by atoms with Gasteiger partial charge in [0.25, 0.3) is 0 Å². The Hall–Kier alpha value is 0.530. The zero-order valence-corrected chi connectivity index (χ0v) is 7.70. The summed E-state index contributed by atoms with van der Waals surface area (Å²) in [6, 6.07) is 0. The van der Waals surface area contributed by atoms with Crippen molar-refractivity contribution in [2.45, 2.75) is 0 Å². The minimum absolute atomic E-state index is 0.438. The Labute approximate surface area is 60.5 Å². The predicted octanol–water partition coefficient (Wildman–Crippen LogP) is 0.450. The van der Waals surface area contributed by atoms with Gasteiger partial charge in [-0.15, -0.1) is 11.4 Å². The zero-order valence-electron chi connectivity index (χ0n) is 5.88. The molecule has 3 nitrogen and oxygen atoms in total. The average Bonchev–Trinajstić information content (AvgIpc) is 2.10. The summed E-state index contributed by atoms with van der Waals surface area (Å²) in [5.74, 6) is 2.23. The lowest BCUT2D eigenvalue weighted by Crippen LogP contribution is -2.34. The molecular formula is C4H12N3PS. The molecule has 0 aromatic carbocycles. The molecule has 1 aliphatic rings. The van der Waals surface area contributed by atoms with Crippen molar-refractivity contribution in [2.24, 2.45) is 0 Å². The minimum Gasteiger partial charge on any atom is -0.208 e. The SMILES string of the molecule is CS[PH]1=CN(C)NN1C. The lowest BCUT2D eigenvalue weighted by atomic mass is 11.2. The standard InChI is InChI=1S/C4H12N3PS/c1-6-4-8(9-3)7(2)5-6/h4-5,8H,1-3H3. The third kappa shape index (κ3) is 1.72. The zero-order chi connectivity index (χ0) is 6.85. The second kappa shape index (κ2) is 3.08. The van der Waals surface area contributed by atoms with Crippen molar-refractivity contribution in [3.63, 3.8) is 0 Å². The normalized spacial score (nSPS) is 30.8. The van der Waals surface area contributed by atoms with Crippen LogP contribution in [0, 0.1) is 0 Å². The maximum Gasteiger partial charge on any atom is 0.0201 e. The second-order valence-corrected chi connectivity index (χ2v) is 6.43. The van der Waals surface area contributed by atoms with Crippen molar-refractivity contribution in [1.82, 2.24) is 15.3 Å². The van der Waals surface area contributed by atoms with Gasteiger partial charge in [-0.2, -0.15) is 5.53 Å². The lowest BCUT2D eigenvalue weighted by Gasteiger charge is -2.13. The molecule has 0 spiro atoms. The summed E-state index contributed by atoms with van der Waals surface area (Å²) < 4.78 is 2.16. The summed E-state index contributed by atoms with van der Waals surface area (Å²) in [7, 11) is 4.09. The molecule has 1 N–H and O–H groups in total. The van der Waals surface area contributed by atoms with Crippen LogP contribution < -0.4 is 5.53 Å². The predicted molar refractivity (Wildman–Crippen MR) is 46.6 cm³/mol. The Morgan fingerprint density at radius 2 is 2.22 bits per heavy atom. The van der Waals surface area contributed by atoms with Gasteiger partial charge in [-0.05, 0) is 6.26 Å². The second-order valence-electron chi connectivity index (χ2n) is 1.94. The Kier molecular flexibility index (Phi) is 2.61. The molecule has 0 aliphatic carbocycles. The molecule has 1 unspecified atom stereocenters. The third-order valence-corrected chi connectivity index (χ3v) is 5.33. The fourth-order valence-corrected chi connectivity index (χ4v) is 3.69. The first-order chi connectivity index (χ1) is 4.24. The fourth-order valence-electron chi connectivity index (χ4n) is 0.757. The molecular weight excluding hydrogens is 153 g/mol. The van der Waals surface area contributed by atoms with Crippen LogP contribution >= 0.6 is 18.3 Å². The first-order valence-corrected chi connectivity index (χ1v) is 6.20. The van der Waals surface area contributed by atoms with E-state index in [9.17, 15) is 0 Å². The van der Waals surface area contributed by atoms with Crippen LogP contribution in [0.3, 0.4) is 0 Å². The van der Waals surface area contributed by atoms with Gasteiger partial charge in [-0.3, -0.25) is 0 Å². The molecule has 5 heteroatoms. The largest absolute Gasteiger partial charge is 0.208 e. The molecule has 0 saturated heterocycles. The van der Waals surface area contributed by atoms with E-state index in [-0.39, 0.29) is 0 Å². The van der Waals surface area contributed by atoms with Crippen LogP contribution in [0.4, 0.5) is 0 Å². The van der Waals surface area contributed by atoms with Crippen molar-refractivity contribution >= 4 is 24.2 Å². The third-order valence-electron chi connectivity index (χ3n) is 1.15. The number of rotatable bonds is 1. The van der Waals surface area contributed by atoms with Crippen LogP contribution in [-0.4, -0.2) is 36.1 Å². The van der Waals surface area contributed by atoms with Crippen molar-refractivity contribution in [1.29, 1.82) is 0 Å². The maximum absolute atomic E-state index is 3.15. The molecule has 0 aromatic heterocycles. The molecule has 0 amide bonds. The highest BCUT2D eigenvalue weighted by Gasteiger charge is 2.11. The maximum atomic E-state index is 3.15. The summed E-state index contributed by atoms with van der Waals surface area (Å²) in [5, 5.41) is 2.00. The van der Waals surface area contributed by atoms with Crippen molar-refractivity contribution in [3.8, 4) is 0 Å². The molecule has 1 atom stereocenters. The lowest BCUT2D eigenvalue weighted by molar-refractivity contribution is 0.243. The minimum atomic E-state index is -0.438. The van der Waals surface area contributed by atoms with Crippen LogP contribution in [0.2, 0.25) is 0 Å². The first kappa shape index (κ1) is 7.63. The van der Waals surface area contributed by atoms with Gasteiger partial charge in [0.2, 0.25) is 0 Å². The topological polar surface area (TPSA) is 18.5 Å². The van der Waals surface area contributed by atoms with E-state index in [4.69, 9.17) is 0 Å². The highest BCUT2D eigenvalue weighted by molar-refractivity contribution is 8.53. The monoisotopic (exact) mass is 165 g/mol. The van der Waals surface area contributed by atoms with Gasteiger partial charge < -0.3 is 0 Å². The molecule has 0 saturated carbocycles. The summed E-state index contributed by atoms with van der Waals surface area (Å²) >= 11 is 1.91. The summed E-state index contributed by atoms with van der Waals surface area (Å²) in [5.41, 5.74) is 3.15. The van der Waals surface area contributed by atoms with Crippen molar-refractivity contribution in [2.75, 3.05) is 20.4 Å². The number of hydrogen-bond acceptors (Lipinski definition) is 4. The quantitative estimate of drug-likeness (QED) is 0.568. The Morgan fingerprint density at radius 1 is 1.56 bits per heavy atom. The number of hydrogen-bond donors (Lipinski definition) is 1. The molecule has 0 bridgehead atoms. The fraction of sp³-hybridized carbons (Fsp3) is 0.750. The molecule has 0 radical (unpaired) electrons. The van der Waals surface area contributed by atoms with Gasteiger partial charge in [-0.1, -0.05) is 0 Å².